The van der Waals surface area contributed by atoms with E-state index >= 15 is 0 Å². The molecule has 0 radical (unpaired) electrons. The maximum absolute atomic E-state index is 5.37. The highest BCUT2D eigenvalue weighted by atomic mass is 16.3. The number of anilines is 1. The van der Waals surface area contributed by atoms with Gasteiger partial charge in [0.15, 0.2) is 0 Å². The second kappa shape index (κ2) is 6.81. The van der Waals surface area contributed by atoms with Gasteiger partial charge < -0.3 is 14.6 Å². The Kier molecular flexibility index (Phi) is 5.07. The SMILES string of the molecule is Cc1cc(CNC(C)C)ccc1N(C)Cc1ccoc1C. The van der Waals surface area contributed by atoms with Crippen LogP contribution in [-0.4, -0.2) is 13.1 Å². The summed E-state index contributed by atoms with van der Waals surface area (Å²) < 4.78 is 5.37. The summed E-state index contributed by atoms with van der Waals surface area (Å²) in [7, 11) is 2.13. The number of nitrogens with zero attached hydrogens (tertiary/aromatic N) is 1. The number of hydrogen-bond acceptors (Lipinski definition) is 3. The first kappa shape index (κ1) is 15.6. The molecule has 1 N–H and O–H groups in total. The molecule has 3 nitrogen and oxygen atoms in total. The quantitative estimate of drug-likeness (QED) is 0.869. The van der Waals surface area contributed by atoms with Crippen LogP contribution in [0.1, 0.15) is 36.3 Å². The van der Waals surface area contributed by atoms with Gasteiger partial charge >= 0.3 is 0 Å². The van der Waals surface area contributed by atoms with Gasteiger partial charge in [-0.15, -0.1) is 0 Å². The fraction of sp³-hybridized carbons (Fsp3) is 0.444. The second-order valence-electron chi connectivity index (χ2n) is 6.01. The Morgan fingerprint density at radius 3 is 2.52 bits per heavy atom. The molecule has 0 atom stereocenters. The van der Waals surface area contributed by atoms with Gasteiger partial charge in [-0.3, -0.25) is 0 Å². The molecule has 21 heavy (non-hydrogen) atoms. The van der Waals surface area contributed by atoms with Gasteiger partial charge in [-0.05, 0) is 37.1 Å². The molecule has 0 spiro atoms. The summed E-state index contributed by atoms with van der Waals surface area (Å²) in [6.45, 7) is 10.3. The number of hydrogen-bond donors (Lipinski definition) is 1. The number of benzene rings is 1. The molecular weight excluding hydrogens is 260 g/mol. The predicted molar refractivity (Wildman–Crippen MR) is 88.7 cm³/mol. The molecule has 0 aliphatic rings. The van der Waals surface area contributed by atoms with Gasteiger partial charge in [0, 0.05) is 37.4 Å². The third-order valence-electron chi connectivity index (χ3n) is 3.76. The molecule has 0 aliphatic heterocycles. The molecule has 3 heteroatoms. The van der Waals surface area contributed by atoms with Crippen molar-refractivity contribution >= 4 is 5.69 Å². The van der Waals surface area contributed by atoms with Crippen molar-refractivity contribution in [2.45, 2.75) is 46.8 Å². The maximum Gasteiger partial charge on any atom is 0.105 e. The Morgan fingerprint density at radius 2 is 1.95 bits per heavy atom. The Morgan fingerprint density at radius 1 is 1.19 bits per heavy atom. The third-order valence-corrected chi connectivity index (χ3v) is 3.76. The van der Waals surface area contributed by atoms with Gasteiger partial charge in [0.25, 0.3) is 0 Å². The summed E-state index contributed by atoms with van der Waals surface area (Å²) in [4.78, 5) is 2.27. The molecule has 0 saturated carbocycles. The standard InChI is InChI=1S/C18H26N2O/c1-13(2)19-11-16-6-7-18(14(3)10-16)20(5)12-17-8-9-21-15(17)4/h6-10,13,19H,11-12H2,1-5H3. The van der Waals surface area contributed by atoms with E-state index in [1.807, 2.05) is 13.0 Å². The third kappa shape index (κ3) is 4.11. The average Bonchev–Trinajstić information content (AvgIpc) is 2.82. The van der Waals surface area contributed by atoms with Crippen LogP contribution >= 0.6 is 0 Å². The lowest BCUT2D eigenvalue weighted by atomic mass is 10.1. The van der Waals surface area contributed by atoms with Gasteiger partial charge in [0.05, 0.1) is 6.26 Å². The zero-order valence-corrected chi connectivity index (χ0v) is 13.7. The molecule has 1 aromatic heterocycles. The Hall–Kier alpha value is -1.74. The van der Waals surface area contributed by atoms with E-state index in [0.717, 1.165) is 18.8 Å². The van der Waals surface area contributed by atoms with E-state index in [2.05, 4.69) is 56.2 Å². The van der Waals surface area contributed by atoms with Gasteiger partial charge in [-0.25, -0.2) is 0 Å². The first-order chi connectivity index (χ1) is 9.97. The van der Waals surface area contributed by atoms with Crippen LogP contribution in [0.25, 0.3) is 0 Å². The van der Waals surface area contributed by atoms with E-state index in [1.165, 1.54) is 22.4 Å². The van der Waals surface area contributed by atoms with Crippen LogP contribution < -0.4 is 10.2 Å². The van der Waals surface area contributed by atoms with Gasteiger partial charge in [-0.1, -0.05) is 26.0 Å². The summed E-state index contributed by atoms with van der Waals surface area (Å²) >= 11 is 0. The maximum atomic E-state index is 5.37. The molecule has 114 valence electrons. The lowest BCUT2D eigenvalue weighted by Crippen LogP contribution is -2.22. The molecule has 2 aromatic rings. The highest BCUT2D eigenvalue weighted by molar-refractivity contribution is 5.54. The van der Waals surface area contributed by atoms with E-state index in [1.54, 1.807) is 6.26 Å². The lowest BCUT2D eigenvalue weighted by Gasteiger charge is -2.22. The van der Waals surface area contributed by atoms with E-state index < -0.39 is 0 Å². The largest absolute Gasteiger partial charge is 0.469 e. The molecule has 1 heterocycles. The van der Waals surface area contributed by atoms with Crippen molar-refractivity contribution in [2.75, 3.05) is 11.9 Å². The van der Waals surface area contributed by atoms with Crippen molar-refractivity contribution in [3.63, 3.8) is 0 Å². The minimum Gasteiger partial charge on any atom is -0.469 e. The molecule has 0 fully saturated rings. The number of furan rings is 1. The van der Waals surface area contributed by atoms with Crippen LogP contribution in [0, 0.1) is 13.8 Å². The first-order valence-electron chi connectivity index (χ1n) is 7.54. The summed E-state index contributed by atoms with van der Waals surface area (Å²) in [6.07, 6.45) is 1.76. The van der Waals surface area contributed by atoms with Crippen LogP contribution in [0.5, 0.6) is 0 Å². The predicted octanol–water partition coefficient (Wildman–Crippen LogP) is 4.03. The molecule has 0 unspecified atom stereocenters. The number of nitrogens with one attached hydrogen (secondary N) is 1. The fourth-order valence-electron chi connectivity index (χ4n) is 2.49. The van der Waals surface area contributed by atoms with Crippen molar-refractivity contribution in [3.05, 3.63) is 53.0 Å². The second-order valence-corrected chi connectivity index (χ2v) is 6.01. The Balaban J connectivity index is 2.07. The molecular formula is C18H26N2O. The molecule has 0 saturated heterocycles. The summed E-state index contributed by atoms with van der Waals surface area (Å²) in [6, 6.07) is 9.24. The van der Waals surface area contributed by atoms with Crippen LogP contribution in [0.2, 0.25) is 0 Å². The van der Waals surface area contributed by atoms with E-state index in [9.17, 15) is 0 Å². The van der Waals surface area contributed by atoms with E-state index in [-0.39, 0.29) is 0 Å². The van der Waals surface area contributed by atoms with Crippen molar-refractivity contribution in [1.82, 2.24) is 5.32 Å². The zero-order chi connectivity index (χ0) is 15.4. The van der Waals surface area contributed by atoms with Crippen LogP contribution in [0.3, 0.4) is 0 Å². The normalized spacial score (nSPS) is 11.1. The zero-order valence-electron chi connectivity index (χ0n) is 13.7. The van der Waals surface area contributed by atoms with Gasteiger partial charge in [0.1, 0.15) is 5.76 Å². The fourth-order valence-corrected chi connectivity index (χ4v) is 2.49. The molecule has 1 aromatic carbocycles. The highest BCUT2D eigenvalue weighted by Crippen LogP contribution is 2.23. The van der Waals surface area contributed by atoms with Crippen LogP contribution in [0.15, 0.2) is 34.9 Å². The molecule has 2 rings (SSSR count). The highest BCUT2D eigenvalue weighted by Gasteiger charge is 2.09. The van der Waals surface area contributed by atoms with Crippen molar-refractivity contribution in [1.29, 1.82) is 0 Å². The smallest absolute Gasteiger partial charge is 0.105 e. The van der Waals surface area contributed by atoms with E-state index in [4.69, 9.17) is 4.42 Å². The first-order valence-corrected chi connectivity index (χ1v) is 7.54. The van der Waals surface area contributed by atoms with E-state index in [0.29, 0.717) is 6.04 Å². The average molecular weight is 286 g/mol. The van der Waals surface area contributed by atoms with Crippen molar-refractivity contribution < 1.29 is 4.42 Å². The van der Waals surface area contributed by atoms with Crippen molar-refractivity contribution in [3.8, 4) is 0 Å². The topological polar surface area (TPSA) is 28.4 Å². The number of rotatable bonds is 6. The number of aryl methyl sites for hydroxylation is 2. The molecule has 0 bridgehead atoms. The Bertz CT molecular complexity index is 587. The summed E-state index contributed by atoms with van der Waals surface area (Å²) in [5.74, 6) is 0.997. The van der Waals surface area contributed by atoms with Gasteiger partial charge in [-0.2, -0.15) is 0 Å². The Labute approximate surface area is 128 Å². The molecule has 0 amide bonds. The van der Waals surface area contributed by atoms with Crippen molar-refractivity contribution in [2.24, 2.45) is 0 Å². The lowest BCUT2D eigenvalue weighted by molar-refractivity contribution is 0.529. The minimum absolute atomic E-state index is 0.511. The minimum atomic E-state index is 0.511. The van der Waals surface area contributed by atoms with Crippen LogP contribution in [0.4, 0.5) is 5.69 Å². The summed E-state index contributed by atoms with van der Waals surface area (Å²) in [5, 5.41) is 3.46. The van der Waals surface area contributed by atoms with Gasteiger partial charge in [0.2, 0.25) is 0 Å². The summed E-state index contributed by atoms with van der Waals surface area (Å²) in [5.41, 5.74) is 5.14. The monoisotopic (exact) mass is 286 g/mol. The molecule has 0 aliphatic carbocycles. The van der Waals surface area contributed by atoms with Crippen LogP contribution in [-0.2, 0) is 13.1 Å².